The second-order valence-electron chi connectivity index (χ2n) is 5.64. The summed E-state index contributed by atoms with van der Waals surface area (Å²) in [7, 11) is 0. The van der Waals surface area contributed by atoms with Crippen molar-refractivity contribution in [3.63, 3.8) is 0 Å². The fourth-order valence-corrected chi connectivity index (χ4v) is 1.98. The summed E-state index contributed by atoms with van der Waals surface area (Å²) in [6, 6.07) is 7.26. The van der Waals surface area contributed by atoms with Crippen molar-refractivity contribution in [1.82, 2.24) is 4.90 Å². The van der Waals surface area contributed by atoms with E-state index in [-0.39, 0.29) is 12.0 Å². The van der Waals surface area contributed by atoms with E-state index in [1.54, 1.807) is 17.0 Å². The monoisotopic (exact) mass is 249 g/mol. The molecule has 0 saturated carbocycles. The molecule has 4 heteroatoms. The molecule has 1 aliphatic heterocycles. The van der Waals surface area contributed by atoms with Crippen molar-refractivity contribution in [3.05, 3.63) is 29.8 Å². The van der Waals surface area contributed by atoms with Crippen LogP contribution in [0, 0.1) is 0 Å². The molecular formula is C14H19NO3. The molecule has 0 radical (unpaired) electrons. The van der Waals surface area contributed by atoms with Gasteiger partial charge in [0.15, 0.2) is 0 Å². The van der Waals surface area contributed by atoms with Crippen LogP contribution in [0.25, 0.3) is 0 Å². The molecule has 1 saturated heterocycles. The van der Waals surface area contributed by atoms with Crippen LogP contribution in [0.1, 0.15) is 32.3 Å². The number of nitrogens with zero attached hydrogens (tertiary/aromatic N) is 1. The van der Waals surface area contributed by atoms with E-state index >= 15 is 0 Å². The van der Waals surface area contributed by atoms with Crippen LogP contribution in [0.5, 0.6) is 5.75 Å². The van der Waals surface area contributed by atoms with Crippen LogP contribution in [-0.4, -0.2) is 34.8 Å². The first kappa shape index (κ1) is 12.7. The lowest BCUT2D eigenvalue weighted by atomic mass is 9.91. The highest BCUT2D eigenvalue weighted by molar-refractivity contribution is 5.69. The summed E-state index contributed by atoms with van der Waals surface area (Å²) < 4.78 is 5.28. The summed E-state index contributed by atoms with van der Waals surface area (Å²) in [4.78, 5) is 13.4. The molecule has 1 aromatic carbocycles. The van der Waals surface area contributed by atoms with Crippen molar-refractivity contribution in [2.45, 2.75) is 32.3 Å². The van der Waals surface area contributed by atoms with E-state index in [1.165, 1.54) is 0 Å². The SMILES string of the molecule is CC(C)(C)OC(=O)N1CC(c2ccccc2O)C1. The van der Waals surface area contributed by atoms with E-state index in [2.05, 4.69) is 0 Å². The normalized spacial score (nSPS) is 16.3. The summed E-state index contributed by atoms with van der Waals surface area (Å²) in [6.45, 7) is 6.76. The van der Waals surface area contributed by atoms with Gasteiger partial charge in [-0.15, -0.1) is 0 Å². The molecule has 1 fully saturated rings. The number of rotatable bonds is 1. The molecule has 1 amide bonds. The molecule has 2 rings (SSSR count). The summed E-state index contributed by atoms with van der Waals surface area (Å²) in [5.41, 5.74) is 0.439. The lowest BCUT2D eigenvalue weighted by Gasteiger charge is -2.40. The Morgan fingerprint density at radius 2 is 1.94 bits per heavy atom. The summed E-state index contributed by atoms with van der Waals surface area (Å²) in [6.07, 6.45) is -0.283. The van der Waals surface area contributed by atoms with E-state index in [0.29, 0.717) is 18.8 Å². The van der Waals surface area contributed by atoms with Crippen LogP contribution in [0.15, 0.2) is 24.3 Å². The lowest BCUT2D eigenvalue weighted by molar-refractivity contribution is 0.00799. The Bertz CT molecular complexity index is 445. The predicted octanol–water partition coefficient (Wildman–Crippen LogP) is 2.73. The van der Waals surface area contributed by atoms with Gasteiger partial charge in [0.25, 0.3) is 0 Å². The maximum absolute atomic E-state index is 11.7. The van der Waals surface area contributed by atoms with E-state index in [1.807, 2.05) is 32.9 Å². The zero-order valence-corrected chi connectivity index (χ0v) is 11.0. The predicted molar refractivity (Wildman–Crippen MR) is 68.7 cm³/mol. The van der Waals surface area contributed by atoms with Gasteiger partial charge < -0.3 is 14.7 Å². The molecule has 0 aliphatic carbocycles. The van der Waals surface area contributed by atoms with Gasteiger partial charge in [-0.2, -0.15) is 0 Å². The van der Waals surface area contributed by atoms with Crippen LogP contribution in [0.4, 0.5) is 4.79 Å². The fourth-order valence-electron chi connectivity index (χ4n) is 1.98. The molecule has 0 aromatic heterocycles. The topological polar surface area (TPSA) is 49.8 Å². The van der Waals surface area contributed by atoms with Gasteiger partial charge >= 0.3 is 6.09 Å². The van der Waals surface area contributed by atoms with Crippen molar-refractivity contribution >= 4 is 6.09 Å². The first-order valence-corrected chi connectivity index (χ1v) is 6.12. The largest absolute Gasteiger partial charge is 0.508 e. The van der Waals surface area contributed by atoms with Gasteiger partial charge in [0, 0.05) is 24.6 Å². The Labute approximate surface area is 107 Å². The molecule has 1 heterocycles. The Kier molecular flexibility index (Phi) is 3.20. The number of phenols is 1. The van der Waals surface area contributed by atoms with Gasteiger partial charge in [-0.1, -0.05) is 18.2 Å². The Morgan fingerprint density at radius 3 is 2.50 bits per heavy atom. The van der Waals surface area contributed by atoms with Gasteiger partial charge in [0.2, 0.25) is 0 Å². The Balaban J connectivity index is 1.91. The van der Waals surface area contributed by atoms with Crippen LogP contribution in [0.3, 0.4) is 0 Å². The molecule has 0 atom stereocenters. The first-order valence-electron chi connectivity index (χ1n) is 6.12. The summed E-state index contributed by atoms with van der Waals surface area (Å²) >= 11 is 0. The van der Waals surface area contributed by atoms with E-state index < -0.39 is 5.60 Å². The number of carbonyl (C=O) groups is 1. The number of phenolic OH excluding ortho intramolecular Hbond substituents is 1. The smallest absolute Gasteiger partial charge is 0.410 e. The van der Waals surface area contributed by atoms with Gasteiger partial charge in [0.1, 0.15) is 11.4 Å². The highest BCUT2D eigenvalue weighted by Gasteiger charge is 2.35. The van der Waals surface area contributed by atoms with Crippen LogP contribution in [-0.2, 0) is 4.74 Å². The average Bonchev–Trinajstić information content (AvgIpc) is 2.15. The minimum absolute atomic E-state index is 0.207. The maximum Gasteiger partial charge on any atom is 0.410 e. The molecule has 98 valence electrons. The number of carbonyl (C=O) groups excluding carboxylic acids is 1. The van der Waals surface area contributed by atoms with Crippen LogP contribution >= 0.6 is 0 Å². The number of aromatic hydroxyl groups is 1. The average molecular weight is 249 g/mol. The molecular weight excluding hydrogens is 230 g/mol. The van der Waals surface area contributed by atoms with Crippen LogP contribution < -0.4 is 0 Å². The summed E-state index contributed by atoms with van der Waals surface area (Å²) in [5, 5.41) is 9.72. The van der Waals surface area contributed by atoms with Crippen molar-refractivity contribution < 1.29 is 14.6 Å². The third kappa shape index (κ3) is 2.75. The number of hydrogen-bond donors (Lipinski definition) is 1. The van der Waals surface area contributed by atoms with Gasteiger partial charge in [-0.05, 0) is 26.8 Å². The standard InChI is InChI=1S/C14H19NO3/c1-14(2,3)18-13(17)15-8-10(9-15)11-6-4-5-7-12(11)16/h4-7,10,16H,8-9H2,1-3H3. The molecule has 4 nitrogen and oxygen atoms in total. The maximum atomic E-state index is 11.7. The quantitative estimate of drug-likeness (QED) is 0.832. The minimum Gasteiger partial charge on any atom is -0.508 e. The van der Waals surface area contributed by atoms with Gasteiger partial charge in [-0.3, -0.25) is 0 Å². The zero-order chi connectivity index (χ0) is 13.3. The van der Waals surface area contributed by atoms with Gasteiger partial charge in [0.05, 0.1) is 0 Å². The number of benzene rings is 1. The van der Waals surface area contributed by atoms with E-state index in [0.717, 1.165) is 5.56 Å². The zero-order valence-electron chi connectivity index (χ0n) is 11.0. The van der Waals surface area contributed by atoms with Gasteiger partial charge in [-0.25, -0.2) is 4.79 Å². The summed E-state index contributed by atoms with van der Waals surface area (Å²) in [5.74, 6) is 0.505. The van der Waals surface area contributed by atoms with Crippen molar-refractivity contribution in [2.24, 2.45) is 0 Å². The third-order valence-electron chi connectivity index (χ3n) is 2.91. The van der Waals surface area contributed by atoms with Crippen molar-refractivity contribution in [3.8, 4) is 5.75 Å². The number of hydrogen-bond acceptors (Lipinski definition) is 3. The molecule has 1 N–H and O–H groups in total. The Morgan fingerprint density at radius 1 is 1.33 bits per heavy atom. The first-order chi connectivity index (χ1) is 8.37. The second kappa shape index (κ2) is 4.52. The fraction of sp³-hybridized carbons (Fsp3) is 0.500. The minimum atomic E-state index is -0.461. The highest BCUT2D eigenvalue weighted by atomic mass is 16.6. The molecule has 1 aliphatic rings. The highest BCUT2D eigenvalue weighted by Crippen LogP contribution is 2.33. The van der Waals surface area contributed by atoms with Crippen molar-refractivity contribution in [1.29, 1.82) is 0 Å². The molecule has 0 unspecified atom stereocenters. The van der Waals surface area contributed by atoms with Crippen LogP contribution in [0.2, 0.25) is 0 Å². The second-order valence-corrected chi connectivity index (χ2v) is 5.64. The molecule has 0 spiro atoms. The molecule has 18 heavy (non-hydrogen) atoms. The molecule has 0 bridgehead atoms. The number of amides is 1. The number of para-hydroxylation sites is 1. The third-order valence-corrected chi connectivity index (χ3v) is 2.91. The number of likely N-dealkylation sites (tertiary alicyclic amines) is 1. The van der Waals surface area contributed by atoms with E-state index in [9.17, 15) is 9.90 Å². The van der Waals surface area contributed by atoms with E-state index in [4.69, 9.17) is 4.74 Å². The lowest BCUT2D eigenvalue weighted by Crippen LogP contribution is -2.50. The van der Waals surface area contributed by atoms with Crippen molar-refractivity contribution in [2.75, 3.05) is 13.1 Å². The molecule has 1 aromatic rings. The Hall–Kier alpha value is -1.71. The number of ether oxygens (including phenoxy) is 1.